The molecule has 45 heavy (non-hydrogen) atoms. The van der Waals surface area contributed by atoms with Gasteiger partial charge in [-0.25, -0.2) is 15.0 Å². The van der Waals surface area contributed by atoms with Crippen molar-refractivity contribution in [1.82, 2.24) is 15.0 Å². The van der Waals surface area contributed by atoms with Gasteiger partial charge in [0.05, 0.1) is 0 Å². The second-order valence-corrected chi connectivity index (χ2v) is 14.6. The lowest BCUT2D eigenvalue weighted by molar-refractivity contribution is 0.332. The van der Waals surface area contributed by atoms with E-state index in [1.807, 2.05) is 6.07 Å². The van der Waals surface area contributed by atoms with Crippen molar-refractivity contribution in [3.8, 4) is 45.3 Å². The molecular weight excluding hydrogens is 567 g/mol. The van der Waals surface area contributed by atoms with Crippen molar-refractivity contribution in [2.75, 3.05) is 0 Å². The van der Waals surface area contributed by atoms with Gasteiger partial charge in [0, 0.05) is 36.9 Å². The van der Waals surface area contributed by atoms with Crippen LogP contribution < -0.4 is 0 Å². The number of fused-ring (bicyclic) bond motifs is 4. The molecular formula is C41H35N3S. The summed E-state index contributed by atoms with van der Waals surface area (Å²) in [6.45, 7) is 9.46. The molecule has 0 N–H and O–H groups in total. The molecule has 2 aromatic heterocycles. The van der Waals surface area contributed by atoms with E-state index in [0.29, 0.717) is 17.5 Å². The Balaban J connectivity index is 1.32. The Morgan fingerprint density at radius 3 is 1.84 bits per heavy atom. The number of thiophene rings is 1. The predicted octanol–water partition coefficient (Wildman–Crippen LogP) is 11.3. The van der Waals surface area contributed by atoms with E-state index in [-0.39, 0.29) is 10.8 Å². The maximum absolute atomic E-state index is 5.20. The zero-order valence-electron chi connectivity index (χ0n) is 26.1. The maximum atomic E-state index is 5.20. The van der Waals surface area contributed by atoms with Crippen LogP contribution in [-0.2, 0) is 10.8 Å². The van der Waals surface area contributed by atoms with Gasteiger partial charge in [0.25, 0.3) is 0 Å². The summed E-state index contributed by atoms with van der Waals surface area (Å²) in [4.78, 5) is 15.5. The third-order valence-corrected chi connectivity index (χ3v) is 10.9. The quantitative estimate of drug-likeness (QED) is 0.201. The minimum Gasteiger partial charge on any atom is -0.208 e. The summed E-state index contributed by atoms with van der Waals surface area (Å²) in [5.74, 6) is 2.10. The predicted molar refractivity (Wildman–Crippen MR) is 190 cm³/mol. The van der Waals surface area contributed by atoms with E-state index in [0.717, 1.165) is 23.1 Å². The SMILES string of the molecule is CC1(C)CCC(C)(C)c2cc(-c3nc(-c4ccc(-c5ccccc5)cc4)nc(-c4cccc5c4sc4ccccc45)n3)ccc21. The highest BCUT2D eigenvalue weighted by molar-refractivity contribution is 7.26. The first-order valence-corrected chi connectivity index (χ1v) is 16.6. The molecule has 7 aromatic rings. The number of hydrogen-bond acceptors (Lipinski definition) is 4. The van der Waals surface area contributed by atoms with Crippen molar-refractivity contribution in [3.05, 3.63) is 126 Å². The molecule has 0 aliphatic heterocycles. The van der Waals surface area contributed by atoms with E-state index < -0.39 is 0 Å². The van der Waals surface area contributed by atoms with E-state index in [1.165, 1.54) is 48.8 Å². The zero-order chi connectivity index (χ0) is 30.8. The van der Waals surface area contributed by atoms with Crippen molar-refractivity contribution >= 4 is 31.5 Å². The first kappa shape index (κ1) is 27.8. The molecule has 0 saturated heterocycles. The highest BCUT2D eigenvalue weighted by Gasteiger charge is 2.37. The molecule has 4 heteroatoms. The monoisotopic (exact) mass is 601 g/mol. The average molecular weight is 602 g/mol. The Kier molecular flexibility index (Phi) is 6.47. The minimum absolute atomic E-state index is 0.0928. The molecule has 8 rings (SSSR count). The Labute approximate surface area is 268 Å². The molecule has 0 atom stereocenters. The van der Waals surface area contributed by atoms with Crippen LogP contribution in [0.25, 0.3) is 65.5 Å². The molecule has 0 spiro atoms. The van der Waals surface area contributed by atoms with Gasteiger partial charge in [-0.05, 0) is 64.1 Å². The van der Waals surface area contributed by atoms with Crippen LogP contribution in [0.4, 0.5) is 0 Å². The third kappa shape index (κ3) is 4.85. The lowest BCUT2D eigenvalue weighted by atomic mass is 9.63. The normalized spacial score (nSPS) is 15.3. The van der Waals surface area contributed by atoms with Gasteiger partial charge >= 0.3 is 0 Å². The summed E-state index contributed by atoms with van der Waals surface area (Å²) in [6.07, 6.45) is 2.34. The van der Waals surface area contributed by atoms with Gasteiger partial charge < -0.3 is 0 Å². The first-order chi connectivity index (χ1) is 21.8. The smallest absolute Gasteiger partial charge is 0.165 e. The zero-order valence-corrected chi connectivity index (χ0v) is 27.0. The van der Waals surface area contributed by atoms with Gasteiger partial charge in [-0.2, -0.15) is 0 Å². The van der Waals surface area contributed by atoms with Gasteiger partial charge in [0.2, 0.25) is 0 Å². The molecule has 3 nitrogen and oxygen atoms in total. The summed E-state index contributed by atoms with van der Waals surface area (Å²) < 4.78 is 2.47. The minimum atomic E-state index is 0.0928. The molecule has 1 aliphatic rings. The average Bonchev–Trinajstić information content (AvgIpc) is 3.46. The highest BCUT2D eigenvalue weighted by atomic mass is 32.1. The molecule has 0 fully saturated rings. The Morgan fingerprint density at radius 2 is 1.07 bits per heavy atom. The molecule has 0 unspecified atom stereocenters. The van der Waals surface area contributed by atoms with Crippen molar-refractivity contribution in [2.24, 2.45) is 0 Å². The number of benzene rings is 5. The van der Waals surface area contributed by atoms with E-state index in [4.69, 9.17) is 15.0 Å². The largest absolute Gasteiger partial charge is 0.208 e. The van der Waals surface area contributed by atoms with E-state index in [2.05, 4.69) is 137 Å². The Morgan fingerprint density at radius 1 is 0.489 bits per heavy atom. The Bertz CT molecular complexity index is 2210. The van der Waals surface area contributed by atoms with Crippen LogP contribution in [0.3, 0.4) is 0 Å². The summed E-state index contributed by atoms with van der Waals surface area (Å²) in [7, 11) is 0. The van der Waals surface area contributed by atoms with Gasteiger partial charge in [-0.15, -0.1) is 11.3 Å². The number of rotatable bonds is 4. The molecule has 2 heterocycles. The summed E-state index contributed by atoms with van der Waals surface area (Å²) >= 11 is 1.80. The second kappa shape index (κ2) is 10.5. The van der Waals surface area contributed by atoms with Gasteiger partial charge in [-0.1, -0.05) is 125 Å². The van der Waals surface area contributed by atoms with Crippen LogP contribution in [0.15, 0.2) is 115 Å². The van der Waals surface area contributed by atoms with Crippen molar-refractivity contribution in [1.29, 1.82) is 0 Å². The van der Waals surface area contributed by atoms with E-state index in [9.17, 15) is 0 Å². The van der Waals surface area contributed by atoms with Crippen molar-refractivity contribution in [2.45, 2.75) is 51.4 Å². The molecule has 1 aliphatic carbocycles. The van der Waals surface area contributed by atoms with Crippen molar-refractivity contribution < 1.29 is 0 Å². The van der Waals surface area contributed by atoms with Crippen LogP contribution in [0.5, 0.6) is 0 Å². The summed E-state index contributed by atoms with van der Waals surface area (Å²) in [5, 5.41) is 2.51. The van der Waals surface area contributed by atoms with Crippen LogP contribution in [0, 0.1) is 0 Å². The molecule has 0 bridgehead atoms. The number of aromatic nitrogens is 3. The van der Waals surface area contributed by atoms with Crippen molar-refractivity contribution in [3.63, 3.8) is 0 Å². The lowest BCUT2D eigenvalue weighted by Gasteiger charge is -2.42. The van der Waals surface area contributed by atoms with Gasteiger partial charge in [-0.3, -0.25) is 0 Å². The fourth-order valence-electron chi connectivity index (χ4n) is 6.85. The highest BCUT2D eigenvalue weighted by Crippen LogP contribution is 2.47. The fraction of sp³-hybridized carbons (Fsp3) is 0.195. The standard InChI is InChI=1S/C41H35N3S/c1-40(2)23-24-41(3,4)34-25-29(21-22-33(34)40)38-42-37(28-19-17-27(18-20-28)26-11-6-5-7-12-26)43-39(44-38)32-15-10-14-31-30-13-8-9-16-35(30)45-36(31)32/h5-22,25H,23-24H2,1-4H3. The molecule has 0 saturated carbocycles. The topological polar surface area (TPSA) is 38.7 Å². The second-order valence-electron chi connectivity index (χ2n) is 13.6. The van der Waals surface area contributed by atoms with Gasteiger partial charge in [0.1, 0.15) is 0 Å². The maximum Gasteiger partial charge on any atom is 0.165 e. The molecule has 5 aromatic carbocycles. The number of nitrogens with zero attached hydrogens (tertiary/aromatic N) is 3. The van der Waals surface area contributed by atoms with Crippen LogP contribution in [0.1, 0.15) is 51.7 Å². The summed E-state index contributed by atoms with van der Waals surface area (Å²) in [6, 6.07) is 41.0. The van der Waals surface area contributed by atoms with Crippen LogP contribution in [-0.4, -0.2) is 15.0 Å². The summed E-state index contributed by atoms with van der Waals surface area (Å²) in [5.41, 5.74) is 8.49. The third-order valence-electron chi connectivity index (χ3n) is 9.64. The van der Waals surface area contributed by atoms with Crippen LogP contribution in [0.2, 0.25) is 0 Å². The van der Waals surface area contributed by atoms with E-state index >= 15 is 0 Å². The first-order valence-electron chi connectivity index (χ1n) is 15.7. The number of hydrogen-bond donors (Lipinski definition) is 0. The lowest BCUT2D eigenvalue weighted by Crippen LogP contribution is -2.33. The molecule has 0 amide bonds. The van der Waals surface area contributed by atoms with Gasteiger partial charge in [0.15, 0.2) is 17.5 Å². The molecule has 0 radical (unpaired) electrons. The Hall–Kier alpha value is -4.67. The molecule has 220 valence electrons. The van der Waals surface area contributed by atoms with E-state index in [1.54, 1.807) is 11.3 Å². The fourth-order valence-corrected chi connectivity index (χ4v) is 8.06. The van der Waals surface area contributed by atoms with Crippen LogP contribution >= 0.6 is 11.3 Å².